The van der Waals surface area contributed by atoms with Crippen molar-refractivity contribution >= 4 is 5.69 Å². The number of quaternary nitrogens is 1. The maximum atomic E-state index is 9.47. The number of hydrogen-bond donors (Lipinski definition) is 1. The van der Waals surface area contributed by atoms with E-state index < -0.39 is 0 Å². The fourth-order valence-corrected chi connectivity index (χ4v) is 1.60. The van der Waals surface area contributed by atoms with Crippen LogP contribution in [0.15, 0.2) is 18.2 Å². The summed E-state index contributed by atoms with van der Waals surface area (Å²) < 4.78 is 0.738. The second kappa shape index (κ2) is 3.62. The van der Waals surface area contributed by atoms with Crippen LogP contribution in [0.2, 0.25) is 0 Å². The Morgan fingerprint density at radius 1 is 1.14 bits per heavy atom. The van der Waals surface area contributed by atoms with Crippen molar-refractivity contribution in [3.8, 4) is 5.75 Å². The smallest absolute Gasteiger partial charge is 0.139 e. The lowest BCUT2D eigenvalue weighted by atomic mass is 9.99. The van der Waals surface area contributed by atoms with Gasteiger partial charge in [0.15, 0.2) is 0 Å². The summed E-state index contributed by atoms with van der Waals surface area (Å²) in [5.74, 6) is 0.834. The molecule has 0 saturated carbocycles. The molecule has 0 aliphatic heterocycles. The van der Waals surface area contributed by atoms with Gasteiger partial charge in [0.1, 0.15) is 11.4 Å². The Kier molecular flexibility index (Phi) is 2.86. The van der Waals surface area contributed by atoms with Gasteiger partial charge in [-0.2, -0.15) is 0 Å². The second-order valence-electron chi connectivity index (χ2n) is 4.91. The average molecular weight is 194 g/mol. The van der Waals surface area contributed by atoms with Crippen LogP contribution in [-0.4, -0.2) is 26.2 Å². The molecule has 0 aliphatic carbocycles. The van der Waals surface area contributed by atoms with E-state index >= 15 is 0 Å². The van der Waals surface area contributed by atoms with Gasteiger partial charge in [0.2, 0.25) is 0 Å². The molecule has 1 rings (SSSR count). The van der Waals surface area contributed by atoms with Gasteiger partial charge in [0.05, 0.1) is 21.1 Å². The average Bonchev–Trinajstić information content (AvgIpc) is 2.01. The van der Waals surface area contributed by atoms with Crippen LogP contribution in [0, 0.1) is 0 Å². The molecule has 0 saturated heterocycles. The van der Waals surface area contributed by atoms with E-state index in [1.165, 1.54) is 11.3 Å². The lowest BCUT2D eigenvalue weighted by Crippen LogP contribution is -2.35. The van der Waals surface area contributed by atoms with E-state index in [0.29, 0.717) is 11.7 Å². The SMILES string of the molecule is CC(C)c1ccc(O)cc1[N+](C)(C)C. The Labute approximate surface area is 86.4 Å². The second-order valence-corrected chi connectivity index (χ2v) is 4.91. The molecule has 78 valence electrons. The Morgan fingerprint density at radius 3 is 2.14 bits per heavy atom. The molecule has 0 radical (unpaired) electrons. The minimum atomic E-state index is 0.345. The van der Waals surface area contributed by atoms with Crippen molar-refractivity contribution in [3.63, 3.8) is 0 Å². The highest BCUT2D eigenvalue weighted by Gasteiger charge is 2.19. The summed E-state index contributed by atoms with van der Waals surface area (Å²) in [5.41, 5.74) is 2.48. The molecule has 1 aromatic rings. The van der Waals surface area contributed by atoms with Crippen molar-refractivity contribution in [1.29, 1.82) is 0 Å². The first kappa shape index (κ1) is 11.1. The highest BCUT2D eigenvalue weighted by atomic mass is 16.3. The predicted octanol–water partition coefficient (Wildman–Crippen LogP) is 2.71. The zero-order valence-corrected chi connectivity index (χ0v) is 9.70. The van der Waals surface area contributed by atoms with Gasteiger partial charge >= 0.3 is 0 Å². The molecular formula is C12H20NO+. The number of phenols is 1. The number of aromatic hydroxyl groups is 1. The van der Waals surface area contributed by atoms with Gasteiger partial charge in [-0.05, 0) is 18.1 Å². The first-order chi connectivity index (χ1) is 6.32. The Balaban J connectivity index is 3.30. The topological polar surface area (TPSA) is 20.2 Å². The van der Waals surface area contributed by atoms with Crippen LogP contribution >= 0.6 is 0 Å². The largest absolute Gasteiger partial charge is 0.508 e. The number of benzene rings is 1. The van der Waals surface area contributed by atoms with Crippen LogP contribution in [0.3, 0.4) is 0 Å². The molecule has 1 N–H and O–H groups in total. The van der Waals surface area contributed by atoms with E-state index in [4.69, 9.17) is 0 Å². The molecule has 0 bridgehead atoms. The minimum absolute atomic E-state index is 0.345. The number of nitrogens with zero attached hydrogens (tertiary/aromatic N) is 1. The normalized spacial score (nSPS) is 12.1. The Morgan fingerprint density at radius 2 is 1.71 bits per heavy atom. The first-order valence-electron chi connectivity index (χ1n) is 4.97. The van der Waals surface area contributed by atoms with Gasteiger partial charge < -0.3 is 5.11 Å². The van der Waals surface area contributed by atoms with Gasteiger partial charge in [-0.3, -0.25) is 4.48 Å². The third-order valence-corrected chi connectivity index (χ3v) is 2.36. The van der Waals surface area contributed by atoms with Crippen molar-refractivity contribution in [2.75, 3.05) is 21.1 Å². The molecule has 1 aromatic carbocycles. The molecular weight excluding hydrogens is 174 g/mol. The third kappa shape index (κ3) is 2.26. The van der Waals surface area contributed by atoms with Crippen LogP contribution in [-0.2, 0) is 0 Å². The van der Waals surface area contributed by atoms with E-state index in [0.717, 1.165) is 4.48 Å². The van der Waals surface area contributed by atoms with Gasteiger partial charge in [-0.1, -0.05) is 13.8 Å². The Bertz CT molecular complexity index is 324. The standard InChI is InChI=1S/C12H19NO/c1-9(2)11-7-6-10(14)8-12(11)13(3,4)5/h6-9H,1-5H3/p+1. The zero-order chi connectivity index (χ0) is 10.9. The van der Waals surface area contributed by atoms with Gasteiger partial charge in [-0.25, -0.2) is 0 Å². The molecule has 2 nitrogen and oxygen atoms in total. The molecule has 0 atom stereocenters. The first-order valence-corrected chi connectivity index (χ1v) is 4.97. The number of phenolic OH excluding ortho intramolecular Hbond substituents is 1. The van der Waals surface area contributed by atoms with Crippen molar-refractivity contribution in [3.05, 3.63) is 23.8 Å². The molecule has 0 heterocycles. The lowest BCUT2D eigenvalue weighted by molar-refractivity contribution is 0.457. The summed E-state index contributed by atoms with van der Waals surface area (Å²) in [6, 6.07) is 5.63. The van der Waals surface area contributed by atoms with E-state index in [2.05, 4.69) is 35.0 Å². The fourth-order valence-electron chi connectivity index (χ4n) is 1.60. The van der Waals surface area contributed by atoms with E-state index in [1.807, 2.05) is 12.1 Å². The maximum Gasteiger partial charge on any atom is 0.139 e. The van der Waals surface area contributed by atoms with Crippen LogP contribution < -0.4 is 4.48 Å². The summed E-state index contributed by atoms with van der Waals surface area (Å²) in [5, 5.41) is 9.47. The van der Waals surface area contributed by atoms with E-state index in [1.54, 1.807) is 6.07 Å². The van der Waals surface area contributed by atoms with Crippen molar-refractivity contribution in [2.24, 2.45) is 0 Å². The molecule has 14 heavy (non-hydrogen) atoms. The predicted molar refractivity (Wildman–Crippen MR) is 61.8 cm³/mol. The van der Waals surface area contributed by atoms with E-state index in [-0.39, 0.29) is 0 Å². The van der Waals surface area contributed by atoms with Crippen LogP contribution in [0.4, 0.5) is 5.69 Å². The van der Waals surface area contributed by atoms with Gasteiger partial charge in [-0.15, -0.1) is 0 Å². The molecule has 0 amide bonds. The zero-order valence-electron chi connectivity index (χ0n) is 9.70. The third-order valence-electron chi connectivity index (χ3n) is 2.36. The minimum Gasteiger partial charge on any atom is -0.508 e. The summed E-state index contributed by atoms with van der Waals surface area (Å²) >= 11 is 0. The maximum absolute atomic E-state index is 9.47. The molecule has 0 aliphatic rings. The summed E-state index contributed by atoms with van der Waals surface area (Å²) in [6.07, 6.45) is 0. The summed E-state index contributed by atoms with van der Waals surface area (Å²) in [7, 11) is 6.34. The molecule has 0 fully saturated rings. The summed E-state index contributed by atoms with van der Waals surface area (Å²) in [4.78, 5) is 0. The Hall–Kier alpha value is -1.02. The summed E-state index contributed by atoms with van der Waals surface area (Å²) in [6.45, 7) is 4.34. The van der Waals surface area contributed by atoms with Crippen LogP contribution in [0.1, 0.15) is 25.3 Å². The van der Waals surface area contributed by atoms with Crippen molar-refractivity contribution in [2.45, 2.75) is 19.8 Å². The fraction of sp³-hybridized carbons (Fsp3) is 0.500. The number of rotatable bonds is 2. The highest BCUT2D eigenvalue weighted by molar-refractivity contribution is 5.54. The highest BCUT2D eigenvalue weighted by Crippen LogP contribution is 2.32. The molecule has 0 aromatic heterocycles. The number of hydrogen-bond acceptors (Lipinski definition) is 1. The van der Waals surface area contributed by atoms with Gasteiger partial charge in [0.25, 0.3) is 0 Å². The molecule has 0 unspecified atom stereocenters. The van der Waals surface area contributed by atoms with Crippen molar-refractivity contribution < 1.29 is 5.11 Å². The van der Waals surface area contributed by atoms with Crippen LogP contribution in [0.5, 0.6) is 5.75 Å². The lowest BCUT2D eigenvalue weighted by Gasteiger charge is -2.27. The quantitative estimate of drug-likeness (QED) is 0.718. The van der Waals surface area contributed by atoms with Crippen LogP contribution in [0.25, 0.3) is 0 Å². The molecule has 2 heteroatoms. The van der Waals surface area contributed by atoms with Gasteiger partial charge in [0, 0.05) is 11.6 Å². The molecule has 0 spiro atoms. The monoisotopic (exact) mass is 194 g/mol. The van der Waals surface area contributed by atoms with Crippen molar-refractivity contribution in [1.82, 2.24) is 4.48 Å². The van der Waals surface area contributed by atoms with E-state index in [9.17, 15) is 5.11 Å².